The summed E-state index contributed by atoms with van der Waals surface area (Å²) in [6, 6.07) is 6.47. The van der Waals surface area contributed by atoms with Gasteiger partial charge in [-0.05, 0) is 112 Å². The molecule has 0 saturated carbocycles. The van der Waals surface area contributed by atoms with E-state index in [1.165, 1.54) is 18.1 Å². The number of hydrogen-bond donors (Lipinski definition) is 0. The largest absolute Gasteiger partial charge is 0.498 e. The number of hydrogen-bond acceptors (Lipinski definition) is 7. The smallest absolute Gasteiger partial charge is 0.317 e. The minimum Gasteiger partial charge on any atom is -0.498 e. The minimum atomic E-state index is -2.63. The summed E-state index contributed by atoms with van der Waals surface area (Å²) in [5.74, 6) is 2.43. The predicted octanol–water partition coefficient (Wildman–Crippen LogP) is 8.55. The number of rotatable bonds is 23. The molecular weight excluding hydrogens is 717 g/mol. The highest BCUT2D eigenvalue weighted by Crippen LogP contribution is 2.38. The van der Waals surface area contributed by atoms with E-state index in [9.17, 15) is 0 Å². The lowest BCUT2D eigenvalue weighted by molar-refractivity contribution is 0.0872. The van der Waals surface area contributed by atoms with Crippen molar-refractivity contribution in [3.63, 3.8) is 0 Å². The van der Waals surface area contributed by atoms with E-state index in [1.807, 2.05) is 20.8 Å². The van der Waals surface area contributed by atoms with E-state index in [1.54, 1.807) is 0 Å². The maximum atomic E-state index is 7.39. The molecule has 1 aliphatic rings. The molecular formula is C34H76O7Si7. The van der Waals surface area contributed by atoms with E-state index in [0.717, 1.165) is 67.5 Å². The second kappa shape index (κ2) is 19.2. The molecule has 1 aliphatic heterocycles. The van der Waals surface area contributed by atoms with Gasteiger partial charge in [-0.3, -0.25) is 0 Å². The lowest BCUT2D eigenvalue weighted by atomic mass is 10.3. The summed E-state index contributed by atoms with van der Waals surface area (Å²) >= 11 is 0. The molecule has 1 rings (SSSR count). The Morgan fingerprint density at radius 3 is 1.17 bits per heavy atom. The maximum Gasteiger partial charge on any atom is 0.317 e. The maximum absolute atomic E-state index is 7.39. The third-order valence-electron chi connectivity index (χ3n) is 9.41. The molecule has 48 heavy (non-hydrogen) atoms. The molecule has 1 saturated heterocycles. The van der Waals surface area contributed by atoms with E-state index in [0.29, 0.717) is 0 Å². The summed E-state index contributed by atoms with van der Waals surface area (Å²) in [5, 5.41) is -0.193. The Hall–Kier alpha value is -0.0218. The molecule has 282 valence electrons. The SMILES string of the molecule is C=C(C)OC(C)(C)[SiH2]CCC[Si]1(C)O[Si](C)(C)O[Si](C)(CCC[SiH2]C(C)(CC)OC(=C)C)O[Si](C)(CCC[SiH2]C(C)(CC)OC(=C)C)O1. The van der Waals surface area contributed by atoms with Gasteiger partial charge in [-0.2, -0.15) is 0 Å². The Morgan fingerprint density at radius 1 is 0.542 bits per heavy atom. The Morgan fingerprint density at radius 2 is 0.854 bits per heavy atom. The molecule has 1 heterocycles. The van der Waals surface area contributed by atoms with Crippen molar-refractivity contribution in [2.75, 3.05) is 0 Å². The predicted molar refractivity (Wildman–Crippen MR) is 224 cm³/mol. The molecule has 0 radical (unpaired) electrons. The Kier molecular flexibility index (Phi) is 18.4. The molecule has 7 nitrogen and oxygen atoms in total. The van der Waals surface area contributed by atoms with Crippen LogP contribution in [0.25, 0.3) is 0 Å². The quantitative estimate of drug-likeness (QED) is 0.0584. The van der Waals surface area contributed by atoms with Gasteiger partial charge in [0.15, 0.2) is 0 Å². The summed E-state index contributed by atoms with van der Waals surface area (Å²) in [4.78, 5) is 0. The van der Waals surface area contributed by atoms with Crippen molar-refractivity contribution in [3.8, 4) is 0 Å². The van der Waals surface area contributed by atoms with E-state index in [4.69, 9.17) is 30.7 Å². The summed E-state index contributed by atoms with van der Waals surface area (Å²) in [5.41, 5.74) is 0. The van der Waals surface area contributed by atoms with Gasteiger partial charge in [-0.25, -0.2) is 0 Å². The summed E-state index contributed by atoms with van der Waals surface area (Å²) < 4.78 is 47.5. The van der Waals surface area contributed by atoms with Gasteiger partial charge in [0.25, 0.3) is 0 Å². The molecule has 0 aromatic rings. The lowest BCUT2D eigenvalue weighted by Gasteiger charge is -2.49. The Labute approximate surface area is 308 Å². The zero-order valence-electron chi connectivity index (χ0n) is 33.9. The van der Waals surface area contributed by atoms with Gasteiger partial charge < -0.3 is 30.7 Å². The molecule has 0 aliphatic carbocycles. The van der Waals surface area contributed by atoms with Crippen LogP contribution < -0.4 is 0 Å². The van der Waals surface area contributed by atoms with Crippen molar-refractivity contribution in [2.24, 2.45) is 0 Å². The van der Waals surface area contributed by atoms with Gasteiger partial charge in [0.1, 0.15) is 0 Å². The third-order valence-corrected chi connectivity index (χ3v) is 34.8. The zero-order chi connectivity index (χ0) is 37.1. The first kappa shape index (κ1) is 46.0. The molecule has 1 fully saturated rings. The minimum absolute atomic E-state index is 0.0483. The van der Waals surface area contributed by atoms with Crippen molar-refractivity contribution in [2.45, 2.75) is 179 Å². The molecule has 0 aromatic carbocycles. The van der Waals surface area contributed by atoms with Gasteiger partial charge in [0.2, 0.25) is 0 Å². The van der Waals surface area contributed by atoms with Crippen molar-refractivity contribution < 1.29 is 30.7 Å². The molecule has 5 atom stereocenters. The van der Waals surface area contributed by atoms with Crippen LogP contribution in [-0.2, 0) is 30.7 Å². The van der Waals surface area contributed by atoms with Gasteiger partial charge >= 0.3 is 34.2 Å². The van der Waals surface area contributed by atoms with E-state index < -0.39 is 62.8 Å². The number of ether oxygens (including phenoxy) is 3. The summed E-state index contributed by atoms with van der Waals surface area (Å²) in [6.07, 6.45) is 5.32. The second-order valence-corrected chi connectivity index (χ2v) is 39.3. The van der Waals surface area contributed by atoms with Crippen molar-refractivity contribution in [1.82, 2.24) is 0 Å². The van der Waals surface area contributed by atoms with Gasteiger partial charge in [0.05, 0.1) is 61.5 Å². The average molecular weight is 794 g/mol. The highest BCUT2D eigenvalue weighted by Gasteiger charge is 2.55. The first-order valence-electron chi connectivity index (χ1n) is 18.7. The van der Waals surface area contributed by atoms with Crippen LogP contribution in [0.1, 0.15) is 94.4 Å². The van der Waals surface area contributed by atoms with Crippen LogP contribution in [0.5, 0.6) is 0 Å². The van der Waals surface area contributed by atoms with Crippen LogP contribution in [-0.4, -0.2) is 78.5 Å². The van der Waals surface area contributed by atoms with Crippen molar-refractivity contribution in [3.05, 3.63) is 37.0 Å². The fourth-order valence-corrected chi connectivity index (χ4v) is 37.2. The molecule has 0 spiro atoms. The lowest BCUT2D eigenvalue weighted by Crippen LogP contribution is -2.66. The van der Waals surface area contributed by atoms with Gasteiger partial charge in [-0.1, -0.05) is 71.0 Å². The van der Waals surface area contributed by atoms with Gasteiger partial charge in [0, 0.05) is 0 Å². The van der Waals surface area contributed by atoms with E-state index >= 15 is 0 Å². The molecule has 0 bridgehead atoms. The zero-order valence-corrected chi connectivity index (χ0v) is 42.1. The molecule has 14 heteroatoms. The molecule has 5 unspecified atom stereocenters. The first-order chi connectivity index (χ1) is 21.8. The summed E-state index contributed by atoms with van der Waals surface area (Å²) in [6.45, 7) is 42.5. The Bertz CT molecular complexity index is 1060. The van der Waals surface area contributed by atoms with E-state index in [-0.39, 0.29) is 15.7 Å². The third kappa shape index (κ3) is 18.0. The summed E-state index contributed by atoms with van der Waals surface area (Å²) in [7, 11) is -11.7. The van der Waals surface area contributed by atoms with Crippen LogP contribution in [0, 0.1) is 0 Å². The monoisotopic (exact) mass is 792 g/mol. The van der Waals surface area contributed by atoms with Crippen LogP contribution >= 0.6 is 0 Å². The normalized spacial score (nSPS) is 27.9. The highest BCUT2D eigenvalue weighted by molar-refractivity contribution is 6.93. The molecule has 0 N–H and O–H groups in total. The molecule has 0 amide bonds. The fraction of sp³-hybridized carbons (Fsp3) is 0.824. The second-order valence-electron chi connectivity index (χ2n) is 16.6. The number of allylic oxidation sites excluding steroid dienone is 3. The van der Waals surface area contributed by atoms with Crippen LogP contribution in [0.4, 0.5) is 0 Å². The fourth-order valence-electron chi connectivity index (χ4n) is 7.19. The molecule has 0 aromatic heterocycles. The van der Waals surface area contributed by atoms with Crippen molar-refractivity contribution in [1.29, 1.82) is 0 Å². The standard InChI is InChI=1S/C34H76O7Si7/c1-18-33(11,36-30(5)6)43-24-21-27-47(16)39-45(13,14)38-46(15,26-20-23-42-32(9,10)35-29(3)4)40-48(17,41-47)28-22-25-44-34(12,19-2)37-31(7)8/h3,5,7,18-28,42-44H2,1-2,4,6,8-17H3. The highest BCUT2D eigenvalue weighted by atomic mass is 28.5. The average Bonchev–Trinajstić information content (AvgIpc) is 2.89. The van der Waals surface area contributed by atoms with Gasteiger partial charge in [-0.15, -0.1) is 0 Å². The topological polar surface area (TPSA) is 64.6 Å². The van der Waals surface area contributed by atoms with Crippen molar-refractivity contribution >= 4 is 62.8 Å². The Balaban J connectivity index is 3.17. The van der Waals surface area contributed by atoms with Crippen LogP contribution in [0.15, 0.2) is 37.0 Å². The van der Waals surface area contributed by atoms with E-state index in [2.05, 4.69) is 94.0 Å². The first-order valence-corrected chi connectivity index (χ1v) is 34.2. The van der Waals surface area contributed by atoms with Crippen LogP contribution in [0.3, 0.4) is 0 Å². The van der Waals surface area contributed by atoms with Crippen LogP contribution in [0.2, 0.25) is 69.0 Å².